The van der Waals surface area contributed by atoms with Crippen LogP contribution in [0.5, 0.6) is 11.5 Å². The molecular weight excluding hydrogens is 544 g/mol. The van der Waals surface area contributed by atoms with E-state index < -0.39 is 64.4 Å². The molecule has 0 spiro atoms. The molecule has 0 bridgehead atoms. The van der Waals surface area contributed by atoms with E-state index in [2.05, 4.69) is 0 Å². The lowest BCUT2D eigenvalue weighted by Gasteiger charge is -2.52. The highest BCUT2D eigenvalue weighted by Gasteiger charge is 2.69. The predicted octanol–water partition coefficient (Wildman–Crippen LogP) is 1.16. The number of likely N-dealkylation sites (N-methyl/N-ethyl adjacent to an activating group) is 1. The zero-order chi connectivity index (χ0) is 30.7. The van der Waals surface area contributed by atoms with E-state index in [1.54, 1.807) is 32.3 Å². The summed E-state index contributed by atoms with van der Waals surface area (Å²) in [6.45, 7) is 0. The second-order valence-corrected chi connectivity index (χ2v) is 11.3. The molecule has 5 rings (SSSR count). The molecule has 0 aliphatic heterocycles. The number of primary amides is 1. The number of ether oxygens (including phenoxy) is 2. The van der Waals surface area contributed by atoms with E-state index in [0.717, 1.165) is 5.56 Å². The summed E-state index contributed by atoms with van der Waals surface area (Å²) in [5.41, 5.74) is 5.01. The van der Waals surface area contributed by atoms with Crippen molar-refractivity contribution in [1.82, 2.24) is 4.90 Å². The van der Waals surface area contributed by atoms with E-state index in [-0.39, 0.29) is 24.2 Å². The van der Waals surface area contributed by atoms with Crippen LogP contribution in [-0.2, 0) is 30.3 Å². The largest absolute Gasteiger partial charge is 0.507 e. The fourth-order valence-electron chi connectivity index (χ4n) is 7.04. The number of carbonyl (C=O) groups excluding carboxylic acids is 5. The molecule has 2 saturated carbocycles. The molecule has 2 fully saturated rings. The van der Waals surface area contributed by atoms with Crippen molar-refractivity contribution in [2.24, 2.45) is 29.4 Å². The minimum atomic E-state index is -2.77. The van der Waals surface area contributed by atoms with Crippen molar-refractivity contribution in [2.75, 3.05) is 28.3 Å². The normalized spacial score (nSPS) is 28.9. The predicted molar refractivity (Wildman–Crippen MR) is 149 cm³/mol. The van der Waals surface area contributed by atoms with Gasteiger partial charge < -0.3 is 25.4 Å². The highest BCUT2D eigenvalue weighted by atomic mass is 16.5. The van der Waals surface area contributed by atoms with Crippen LogP contribution in [0.4, 0.5) is 0 Å². The third-order valence-corrected chi connectivity index (χ3v) is 8.86. The summed E-state index contributed by atoms with van der Waals surface area (Å²) in [5.74, 6) is -10.4. The van der Waals surface area contributed by atoms with Crippen LogP contribution in [0.1, 0.15) is 27.9 Å². The molecule has 2 aromatic rings. The van der Waals surface area contributed by atoms with Gasteiger partial charge in [0.25, 0.3) is 0 Å². The van der Waals surface area contributed by atoms with Gasteiger partial charge in [-0.1, -0.05) is 12.1 Å². The number of hydrogen-bond acceptors (Lipinski definition) is 10. The van der Waals surface area contributed by atoms with Gasteiger partial charge in [-0.2, -0.15) is 0 Å². The summed E-state index contributed by atoms with van der Waals surface area (Å²) in [7, 11) is 6.12. The van der Waals surface area contributed by atoms with Crippen molar-refractivity contribution in [3.05, 3.63) is 53.3 Å². The zero-order valence-corrected chi connectivity index (χ0v) is 23.6. The van der Waals surface area contributed by atoms with E-state index >= 15 is 0 Å². The van der Waals surface area contributed by atoms with Crippen molar-refractivity contribution >= 4 is 35.1 Å². The van der Waals surface area contributed by atoms with Crippen molar-refractivity contribution in [3.8, 4) is 22.6 Å². The molecule has 0 radical (unpaired) electrons. The van der Waals surface area contributed by atoms with Crippen molar-refractivity contribution < 1.29 is 43.7 Å². The van der Waals surface area contributed by atoms with E-state index in [1.807, 2.05) is 12.1 Å². The Morgan fingerprint density at radius 1 is 1.07 bits per heavy atom. The van der Waals surface area contributed by atoms with Gasteiger partial charge in [0.1, 0.15) is 11.5 Å². The summed E-state index contributed by atoms with van der Waals surface area (Å²) < 4.78 is 10.6. The molecular formula is C31H32N2O9. The Morgan fingerprint density at radius 2 is 1.79 bits per heavy atom. The molecule has 11 nitrogen and oxygen atoms in total. The van der Waals surface area contributed by atoms with Gasteiger partial charge in [0.05, 0.1) is 38.0 Å². The number of ketones is 4. The fourth-order valence-corrected chi connectivity index (χ4v) is 7.04. The summed E-state index contributed by atoms with van der Waals surface area (Å²) >= 11 is 0. The van der Waals surface area contributed by atoms with Gasteiger partial charge in [-0.05, 0) is 73.8 Å². The Bertz CT molecular complexity index is 1560. The molecule has 220 valence electrons. The molecule has 2 unspecified atom stereocenters. The number of Topliss-reactive ketones (excluding diaryl/α,β-unsaturated/α-hetero) is 4. The quantitative estimate of drug-likeness (QED) is 0.334. The van der Waals surface area contributed by atoms with E-state index in [9.17, 15) is 34.2 Å². The Balaban J connectivity index is 1.67. The van der Waals surface area contributed by atoms with Crippen LogP contribution in [0.15, 0.2) is 36.6 Å². The fraction of sp³-hybridized carbons (Fsp3) is 0.387. The van der Waals surface area contributed by atoms with Gasteiger partial charge in [0, 0.05) is 11.5 Å². The summed E-state index contributed by atoms with van der Waals surface area (Å²) in [6.07, 6.45) is 3.36. The molecule has 42 heavy (non-hydrogen) atoms. The average Bonchev–Trinajstić information content (AvgIpc) is 2.93. The molecule has 4 N–H and O–H groups in total. The van der Waals surface area contributed by atoms with Crippen molar-refractivity contribution in [1.29, 1.82) is 0 Å². The number of carbonyl (C=O) groups is 5. The van der Waals surface area contributed by atoms with Crippen molar-refractivity contribution in [2.45, 2.75) is 24.5 Å². The SMILES string of the molecule is CO/C=C/c1ccc(OC)c(-c2ccc(O)c3c2C[C@H]2C[C@H]4[C@H](N(C)C)C(=O)C(C(N)=O)C(=O)[C@@]4(O)C(=O)C2C3=O)c1. The number of rotatable bonds is 6. The standard InChI is InChI=1S/C31H32N2O9/c1-33(2)25-19-13-15-12-18-16(17-11-14(9-10-41-3)5-8-21(17)42-4)6-7-20(34)23(18)26(35)22(15)28(37)31(19,40)29(38)24(27(25)36)30(32)39/h5-11,15,19,22,24-25,34,40H,12-13H2,1-4H3,(H2,32,39)/b10-9+/t15-,19-,22?,24?,25-,31-/m0/s1. The lowest BCUT2D eigenvalue weighted by molar-refractivity contribution is -0.181. The first-order valence-electron chi connectivity index (χ1n) is 13.5. The van der Waals surface area contributed by atoms with Crippen LogP contribution < -0.4 is 10.5 Å². The smallest absolute Gasteiger partial charge is 0.235 e. The van der Waals surface area contributed by atoms with Gasteiger partial charge in [0.15, 0.2) is 34.7 Å². The molecule has 6 atom stereocenters. The van der Waals surface area contributed by atoms with Crippen molar-refractivity contribution in [3.63, 3.8) is 0 Å². The van der Waals surface area contributed by atoms with Crippen LogP contribution >= 0.6 is 0 Å². The molecule has 0 heterocycles. The average molecular weight is 577 g/mol. The van der Waals surface area contributed by atoms with E-state index in [4.69, 9.17) is 15.2 Å². The summed E-state index contributed by atoms with van der Waals surface area (Å²) in [4.78, 5) is 68.3. The number of amides is 1. The van der Waals surface area contributed by atoms with Crippen LogP contribution in [-0.4, -0.2) is 84.1 Å². The number of phenolic OH excluding ortho intramolecular Hbond substituents is 1. The number of fused-ring (bicyclic) bond motifs is 3. The molecule has 3 aliphatic rings. The highest BCUT2D eigenvalue weighted by Crippen LogP contribution is 2.52. The maximum atomic E-state index is 14.0. The summed E-state index contributed by atoms with van der Waals surface area (Å²) in [6, 6.07) is 7.27. The Kier molecular flexibility index (Phi) is 7.28. The number of nitrogens with zero attached hydrogens (tertiary/aromatic N) is 1. The molecule has 1 amide bonds. The molecule has 3 aliphatic carbocycles. The second kappa shape index (κ2) is 10.5. The number of aliphatic hydroxyl groups is 1. The van der Waals surface area contributed by atoms with Crippen LogP contribution in [0.2, 0.25) is 0 Å². The van der Waals surface area contributed by atoms with Gasteiger partial charge in [-0.3, -0.25) is 28.9 Å². The number of nitrogens with two attached hydrogens (primary N) is 1. The van der Waals surface area contributed by atoms with Crippen LogP contribution in [0.3, 0.4) is 0 Å². The molecule has 11 heteroatoms. The molecule has 0 aromatic heterocycles. The number of aromatic hydroxyl groups is 1. The maximum Gasteiger partial charge on any atom is 0.235 e. The first-order valence-corrected chi connectivity index (χ1v) is 13.5. The Morgan fingerprint density at radius 3 is 2.40 bits per heavy atom. The Labute approximate surface area is 241 Å². The van der Waals surface area contributed by atoms with Crippen LogP contribution in [0.25, 0.3) is 17.2 Å². The monoisotopic (exact) mass is 576 g/mol. The third-order valence-electron chi connectivity index (χ3n) is 8.86. The Hall–Kier alpha value is -4.35. The van der Waals surface area contributed by atoms with E-state index in [0.29, 0.717) is 22.4 Å². The van der Waals surface area contributed by atoms with Gasteiger partial charge in [-0.25, -0.2) is 0 Å². The number of methoxy groups -OCH3 is 2. The maximum absolute atomic E-state index is 14.0. The topological polar surface area (TPSA) is 174 Å². The number of benzene rings is 2. The van der Waals surface area contributed by atoms with Gasteiger partial charge >= 0.3 is 0 Å². The number of hydrogen-bond donors (Lipinski definition) is 3. The molecule has 0 saturated heterocycles. The second-order valence-electron chi connectivity index (χ2n) is 11.3. The first kappa shape index (κ1) is 29.2. The highest BCUT2D eigenvalue weighted by molar-refractivity contribution is 6.32. The zero-order valence-electron chi connectivity index (χ0n) is 23.6. The summed E-state index contributed by atoms with van der Waals surface area (Å²) in [5, 5.41) is 22.6. The van der Waals surface area contributed by atoms with Gasteiger partial charge in [-0.15, -0.1) is 0 Å². The minimum absolute atomic E-state index is 0.0350. The van der Waals surface area contributed by atoms with Crippen LogP contribution in [0, 0.1) is 23.7 Å². The lowest BCUT2D eigenvalue weighted by Crippen LogP contribution is -2.74. The number of phenols is 1. The lowest BCUT2D eigenvalue weighted by atomic mass is 9.52. The minimum Gasteiger partial charge on any atom is -0.507 e. The molecule has 2 aromatic carbocycles. The van der Waals surface area contributed by atoms with E-state index in [1.165, 1.54) is 31.4 Å². The van der Waals surface area contributed by atoms with Gasteiger partial charge in [0.2, 0.25) is 5.91 Å². The third kappa shape index (κ3) is 4.14. The first-order chi connectivity index (χ1) is 19.9.